The molecule has 0 aliphatic heterocycles. The van der Waals surface area contributed by atoms with Gasteiger partial charge in [-0.1, -0.05) is 31.9 Å². The van der Waals surface area contributed by atoms with Crippen LogP contribution >= 0.6 is 11.6 Å². The molecule has 0 saturated carbocycles. The van der Waals surface area contributed by atoms with Gasteiger partial charge in [0.15, 0.2) is 0 Å². The minimum Gasteiger partial charge on any atom is -0.316 e. The Bertz CT molecular complexity index is 579. The second-order valence-electron chi connectivity index (χ2n) is 4.92. The highest BCUT2D eigenvalue weighted by Crippen LogP contribution is 2.24. The third-order valence-corrected chi connectivity index (χ3v) is 4.93. The van der Waals surface area contributed by atoms with Gasteiger partial charge in [0, 0.05) is 23.2 Å². The number of halogens is 2. The Morgan fingerprint density at radius 1 is 1.33 bits per heavy atom. The maximum atomic E-state index is 14.4. The molecule has 0 fully saturated rings. The highest BCUT2D eigenvalue weighted by molar-refractivity contribution is 7.89. The second kappa shape index (κ2) is 8.08. The molecule has 1 atom stereocenters. The lowest BCUT2D eigenvalue weighted by Gasteiger charge is -2.17. The molecule has 0 heterocycles. The normalized spacial score (nSPS) is 13.4. The Kier molecular flexibility index (Phi) is 7.06. The molecule has 0 aromatic heterocycles. The molecule has 0 radical (unpaired) electrons. The standard InChI is InChI=1S/C14H22ClFN2O2S/c1-4-6-12(5-2)18-21(19,20)13-8-11(15)7-10(9-17-3)14(13)16/h7-8,12,17-18H,4-6,9H2,1-3H3. The highest BCUT2D eigenvalue weighted by Gasteiger charge is 2.24. The first-order valence-electron chi connectivity index (χ1n) is 7.00. The van der Waals surface area contributed by atoms with Crippen molar-refractivity contribution in [2.24, 2.45) is 0 Å². The quantitative estimate of drug-likeness (QED) is 0.767. The molecule has 1 aromatic carbocycles. The molecule has 4 nitrogen and oxygen atoms in total. The molecule has 0 aliphatic carbocycles. The van der Waals surface area contributed by atoms with Crippen LogP contribution in [0.25, 0.3) is 0 Å². The molecule has 120 valence electrons. The first-order chi connectivity index (χ1) is 9.85. The smallest absolute Gasteiger partial charge is 0.243 e. The summed E-state index contributed by atoms with van der Waals surface area (Å²) in [6.07, 6.45) is 2.21. The number of rotatable bonds is 8. The molecule has 1 aromatic rings. The lowest BCUT2D eigenvalue weighted by Crippen LogP contribution is -2.35. The fourth-order valence-corrected chi connectivity index (χ4v) is 3.92. The van der Waals surface area contributed by atoms with E-state index in [-0.39, 0.29) is 23.2 Å². The molecule has 1 rings (SSSR count). The van der Waals surface area contributed by atoms with Crippen LogP contribution in [0.3, 0.4) is 0 Å². The Morgan fingerprint density at radius 3 is 2.52 bits per heavy atom. The molecule has 0 amide bonds. The zero-order chi connectivity index (χ0) is 16.0. The van der Waals surface area contributed by atoms with E-state index in [9.17, 15) is 12.8 Å². The Labute approximate surface area is 131 Å². The maximum Gasteiger partial charge on any atom is 0.243 e. The topological polar surface area (TPSA) is 58.2 Å². The van der Waals surface area contributed by atoms with Gasteiger partial charge in [-0.2, -0.15) is 0 Å². The molecule has 1 unspecified atom stereocenters. The van der Waals surface area contributed by atoms with Crippen molar-refractivity contribution in [1.82, 2.24) is 10.0 Å². The van der Waals surface area contributed by atoms with Gasteiger partial charge in [-0.25, -0.2) is 17.5 Å². The number of hydrogen-bond donors (Lipinski definition) is 2. The Morgan fingerprint density at radius 2 is 2.00 bits per heavy atom. The zero-order valence-corrected chi connectivity index (χ0v) is 14.1. The zero-order valence-electron chi connectivity index (χ0n) is 12.5. The van der Waals surface area contributed by atoms with Crippen molar-refractivity contribution in [1.29, 1.82) is 0 Å². The van der Waals surface area contributed by atoms with Crippen LogP contribution in [0.1, 0.15) is 38.7 Å². The van der Waals surface area contributed by atoms with Crippen LogP contribution in [0.4, 0.5) is 4.39 Å². The average molecular weight is 337 g/mol. The van der Waals surface area contributed by atoms with E-state index in [1.807, 2.05) is 13.8 Å². The summed E-state index contributed by atoms with van der Waals surface area (Å²) < 4.78 is 41.7. The van der Waals surface area contributed by atoms with Gasteiger partial charge in [-0.05, 0) is 32.0 Å². The summed E-state index contributed by atoms with van der Waals surface area (Å²) in [6.45, 7) is 4.08. The van der Waals surface area contributed by atoms with E-state index in [1.54, 1.807) is 7.05 Å². The van der Waals surface area contributed by atoms with Gasteiger partial charge < -0.3 is 5.32 Å². The third-order valence-electron chi connectivity index (χ3n) is 3.19. The van der Waals surface area contributed by atoms with Crippen LogP contribution in [0.5, 0.6) is 0 Å². The molecule has 0 aliphatic rings. The number of hydrogen-bond acceptors (Lipinski definition) is 3. The Balaban J connectivity index is 3.18. The van der Waals surface area contributed by atoms with Crippen LogP contribution in [-0.2, 0) is 16.6 Å². The maximum absolute atomic E-state index is 14.4. The van der Waals surface area contributed by atoms with Gasteiger partial charge in [0.1, 0.15) is 10.7 Å². The van der Waals surface area contributed by atoms with E-state index in [1.165, 1.54) is 6.07 Å². The summed E-state index contributed by atoms with van der Waals surface area (Å²) in [6, 6.07) is 2.37. The van der Waals surface area contributed by atoms with Crippen molar-refractivity contribution in [3.63, 3.8) is 0 Å². The molecule has 21 heavy (non-hydrogen) atoms. The minimum absolute atomic E-state index is 0.200. The van der Waals surface area contributed by atoms with Gasteiger partial charge in [-0.15, -0.1) is 0 Å². The van der Waals surface area contributed by atoms with Crippen molar-refractivity contribution >= 4 is 21.6 Å². The first kappa shape index (κ1) is 18.4. The van der Waals surface area contributed by atoms with E-state index in [0.717, 1.165) is 12.5 Å². The van der Waals surface area contributed by atoms with Crippen LogP contribution in [-0.4, -0.2) is 21.5 Å². The summed E-state index contributed by atoms with van der Waals surface area (Å²) in [5.74, 6) is -0.757. The predicted molar refractivity (Wildman–Crippen MR) is 83.5 cm³/mol. The lowest BCUT2D eigenvalue weighted by molar-refractivity contribution is 0.503. The van der Waals surface area contributed by atoms with Gasteiger partial charge in [-0.3, -0.25) is 0 Å². The van der Waals surface area contributed by atoms with Crippen molar-refractivity contribution < 1.29 is 12.8 Å². The SMILES string of the molecule is CCCC(CC)NS(=O)(=O)c1cc(Cl)cc(CNC)c1F. The van der Waals surface area contributed by atoms with Crippen LogP contribution in [0.15, 0.2) is 17.0 Å². The van der Waals surface area contributed by atoms with Crippen LogP contribution in [0, 0.1) is 5.82 Å². The van der Waals surface area contributed by atoms with E-state index >= 15 is 0 Å². The first-order valence-corrected chi connectivity index (χ1v) is 8.86. The third kappa shape index (κ3) is 4.92. The minimum atomic E-state index is -3.93. The van der Waals surface area contributed by atoms with Crippen LogP contribution in [0.2, 0.25) is 5.02 Å². The summed E-state index contributed by atoms with van der Waals surface area (Å²) in [5.41, 5.74) is 0.230. The Hall–Kier alpha value is -0.690. The lowest BCUT2D eigenvalue weighted by atomic mass is 10.1. The summed E-state index contributed by atoms with van der Waals surface area (Å²) in [4.78, 5) is -0.394. The molecular formula is C14H22ClFN2O2S. The van der Waals surface area contributed by atoms with Crippen molar-refractivity contribution in [3.05, 3.63) is 28.5 Å². The number of benzene rings is 1. The van der Waals surface area contributed by atoms with Crippen molar-refractivity contribution in [3.8, 4) is 0 Å². The molecule has 2 N–H and O–H groups in total. The van der Waals surface area contributed by atoms with Crippen LogP contribution < -0.4 is 10.0 Å². The van der Waals surface area contributed by atoms with Gasteiger partial charge >= 0.3 is 0 Å². The molecular weight excluding hydrogens is 315 g/mol. The fourth-order valence-electron chi connectivity index (χ4n) is 2.11. The van der Waals surface area contributed by atoms with E-state index in [0.29, 0.717) is 12.8 Å². The van der Waals surface area contributed by atoms with E-state index in [4.69, 9.17) is 11.6 Å². The van der Waals surface area contributed by atoms with Crippen molar-refractivity contribution in [2.45, 2.75) is 50.6 Å². The van der Waals surface area contributed by atoms with Gasteiger partial charge in [0.05, 0.1) is 0 Å². The van der Waals surface area contributed by atoms with Gasteiger partial charge in [0.2, 0.25) is 10.0 Å². The van der Waals surface area contributed by atoms with E-state index in [2.05, 4.69) is 10.0 Å². The summed E-state index contributed by atoms with van der Waals surface area (Å²) in [7, 11) is -2.27. The monoisotopic (exact) mass is 336 g/mol. The number of sulfonamides is 1. The average Bonchev–Trinajstić information content (AvgIpc) is 2.41. The molecule has 0 spiro atoms. The second-order valence-corrected chi connectivity index (χ2v) is 7.04. The predicted octanol–water partition coefficient (Wildman–Crippen LogP) is 3.06. The van der Waals surface area contributed by atoms with E-state index < -0.39 is 20.7 Å². The largest absolute Gasteiger partial charge is 0.316 e. The molecule has 7 heteroatoms. The molecule has 0 bridgehead atoms. The highest BCUT2D eigenvalue weighted by atomic mass is 35.5. The fraction of sp³-hybridized carbons (Fsp3) is 0.571. The van der Waals surface area contributed by atoms with Gasteiger partial charge in [0.25, 0.3) is 0 Å². The summed E-state index contributed by atoms with van der Waals surface area (Å²) in [5, 5.41) is 2.99. The summed E-state index contributed by atoms with van der Waals surface area (Å²) >= 11 is 5.91. The van der Waals surface area contributed by atoms with Crippen molar-refractivity contribution in [2.75, 3.05) is 7.05 Å². The molecule has 0 saturated heterocycles. The number of nitrogens with one attached hydrogen (secondary N) is 2.